The zero-order valence-corrected chi connectivity index (χ0v) is 16.2. The molecule has 0 aliphatic carbocycles. The zero-order chi connectivity index (χ0) is 16.4. The Kier molecular flexibility index (Phi) is 5.01. The smallest absolute Gasteiger partial charge is 0.187 e. The molecule has 0 saturated carbocycles. The van der Waals surface area contributed by atoms with Crippen LogP contribution in [-0.4, -0.2) is 20.2 Å². The van der Waals surface area contributed by atoms with Crippen molar-refractivity contribution in [2.24, 2.45) is 0 Å². The summed E-state index contributed by atoms with van der Waals surface area (Å²) in [7, 11) is 0. The summed E-state index contributed by atoms with van der Waals surface area (Å²) in [4.78, 5) is 0. The monoisotopic (exact) mass is 436 g/mol. The van der Waals surface area contributed by atoms with Gasteiger partial charge in [-0.3, -0.25) is 0 Å². The summed E-state index contributed by atoms with van der Waals surface area (Å²) in [5.74, 6) is 0.848. The van der Waals surface area contributed by atoms with E-state index in [9.17, 15) is 0 Å². The molecule has 0 radical (unpaired) electrons. The van der Waals surface area contributed by atoms with Gasteiger partial charge in [-0.1, -0.05) is 41.6 Å². The molecule has 118 valence electrons. The molecule has 1 heterocycles. The van der Waals surface area contributed by atoms with Crippen LogP contribution in [0.15, 0.2) is 41.6 Å². The van der Waals surface area contributed by atoms with Crippen molar-refractivity contribution in [3.05, 3.63) is 62.2 Å². The van der Waals surface area contributed by atoms with Crippen LogP contribution in [0.5, 0.6) is 0 Å². The van der Waals surface area contributed by atoms with Crippen LogP contribution >= 0.6 is 34.4 Å². The first kappa shape index (κ1) is 16.4. The van der Waals surface area contributed by atoms with E-state index in [1.165, 1.54) is 25.8 Å². The lowest BCUT2D eigenvalue weighted by atomic mass is 10.1. The van der Waals surface area contributed by atoms with E-state index in [1.807, 2.05) is 4.68 Å². The standard InChI is InChI=1S/C17H17IN4S/c1-11-7-12(2)16(13(3)8-11)22-17(19-20-21-22)23-10-14-5-4-6-15(18)9-14/h4-9H,10H2,1-3H3. The topological polar surface area (TPSA) is 43.6 Å². The van der Waals surface area contributed by atoms with Gasteiger partial charge in [-0.25, -0.2) is 0 Å². The molecule has 2 aromatic carbocycles. The molecule has 0 amide bonds. The maximum absolute atomic E-state index is 4.20. The summed E-state index contributed by atoms with van der Waals surface area (Å²) in [5, 5.41) is 13.1. The zero-order valence-electron chi connectivity index (χ0n) is 13.2. The first-order valence-corrected chi connectivity index (χ1v) is 9.35. The van der Waals surface area contributed by atoms with Crippen molar-refractivity contribution in [1.29, 1.82) is 0 Å². The minimum Gasteiger partial charge on any atom is -0.187 e. The van der Waals surface area contributed by atoms with Crippen LogP contribution in [-0.2, 0) is 5.75 Å². The van der Waals surface area contributed by atoms with Gasteiger partial charge in [0, 0.05) is 9.32 Å². The van der Waals surface area contributed by atoms with E-state index in [4.69, 9.17) is 0 Å². The predicted molar refractivity (Wildman–Crippen MR) is 102 cm³/mol. The van der Waals surface area contributed by atoms with Crippen LogP contribution < -0.4 is 0 Å². The van der Waals surface area contributed by atoms with Gasteiger partial charge >= 0.3 is 0 Å². The quantitative estimate of drug-likeness (QED) is 0.447. The molecule has 1 aromatic heterocycles. The Morgan fingerprint density at radius 2 is 1.83 bits per heavy atom. The number of aryl methyl sites for hydroxylation is 3. The first-order valence-electron chi connectivity index (χ1n) is 7.28. The van der Waals surface area contributed by atoms with Crippen LogP contribution in [0.2, 0.25) is 0 Å². The van der Waals surface area contributed by atoms with E-state index in [0.29, 0.717) is 0 Å². The number of hydrogen-bond donors (Lipinski definition) is 0. The maximum Gasteiger partial charge on any atom is 0.214 e. The minimum atomic E-state index is 0.818. The third kappa shape index (κ3) is 3.74. The van der Waals surface area contributed by atoms with Crippen LogP contribution in [0.4, 0.5) is 0 Å². The van der Waals surface area contributed by atoms with E-state index >= 15 is 0 Å². The molecule has 23 heavy (non-hydrogen) atoms. The van der Waals surface area contributed by atoms with Gasteiger partial charge in [0.15, 0.2) is 0 Å². The average Bonchev–Trinajstić information content (AvgIpc) is 2.92. The van der Waals surface area contributed by atoms with Crippen molar-refractivity contribution < 1.29 is 0 Å². The lowest BCUT2D eigenvalue weighted by Crippen LogP contribution is -2.04. The molecule has 0 saturated heterocycles. The Morgan fingerprint density at radius 3 is 2.52 bits per heavy atom. The molecule has 3 rings (SSSR count). The second-order valence-corrected chi connectivity index (χ2v) is 7.73. The van der Waals surface area contributed by atoms with E-state index in [1.54, 1.807) is 11.8 Å². The summed E-state index contributed by atoms with van der Waals surface area (Å²) >= 11 is 3.99. The third-order valence-electron chi connectivity index (χ3n) is 3.55. The molecule has 0 N–H and O–H groups in total. The summed E-state index contributed by atoms with van der Waals surface area (Å²) < 4.78 is 3.09. The lowest BCUT2D eigenvalue weighted by Gasteiger charge is -2.12. The highest BCUT2D eigenvalue weighted by atomic mass is 127. The molecule has 0 atom stereocenters. The summed E-state index contributed by atoms with van der Waals surface area (Å²) in [6.45, 7) is 6.31. The summed E-state index contributed by atoms with van der Waals surface area (Å²) in [6.07, 6.45) is 0. The number of rotatable bonds is 4. The number of benzene rings is 2. The lowest BCUT2D eigenvalue weighted by molar-refractivity contribution is 0.747. The number of halogens is 1. The second-order valence-electron chi connectivity index (χ2n) is 5.54. The van der Waals surface area contributed by atoms with Crippen molar-refractivity contribution in [3.63, 3.8) is 0 Å². The molecule has 0 spiro atoms. The number of thioether (sulfide) groups is 1. The number of hydrogen-bond acceptors (Lipinski definition) is 4. The number of aromatic nitrogens is 4. The van der Waals surface area contributed by atoms with E-state index in [0.717, 1.165) is 16.6 Å². The van der Waals surface area contributed by atoms with Crippen LogP contribution in [0.1, 0.15) is 22.3 Å². The van der Waals surface area contributed by atoms with Gasteiger partial charge in [0.25, 0.3) is 0 Å². The molecular weight excluding hydrogens is 419 g/mol. The predicted octanol–water partition coefficient (Wildman–Crippen LogP) is 4.48. The summed E-state index contributed by atoms with van der Waals surface area (Å²) in [5.41, 5.74) is 5.97. The van der Waals surface area contributed by atoms with Crippen molar-refractivity contribution >= 4 is 34.4 Å². The normalized spacial score (nSPS) is 11.0. The van der Waals surface area contributed by atoms with Gasteiger partial charge < -0.3 is 0 Å². The van der Waals surface area contributed by atoms with Crippen LogP contribution in [0, 0.1) is 24.3 Å². The third-order valence-corrected chi connectivity index (χ3v) is 5.21. The SMILES string of the molecule is Cc1cc(C)c(-n2nnnc2SCc2cccc(I)c2)c(C)c1. The van der Waals surface area contributed by atoms with Gasteiger partial charge in [0.05, 0.1) is 5.69 Å². The van der Waals surface area contributed by atoms with E-state index < -0.39 is 0 Å². The Bertz CT molecular complexity index is 821. The molecule has 0 unspecified atom stereocenters. The Labute approximate surface area is 153 Å². The van der Waals surface area contributed by atoms with E-state index in [-0.39, 0.29) is 0 Å². The molecule has 4 nitrogen and oxygen atoms in total. The second kappa shape index (κ2) is 7.00. The van der Waals surface area contributed by atoms with Crippen molar-refractivity contribution in [1.82, 2.24) is 20.2 Å². The van der Waals surface area contributed by atoms with Crippen LogP contribution in [0.25, 0.3) is 5.69 Å². The van der Waals surface area contributed by atoms with Gasteiger partial charge in [0.1, 0.15) is 0 Å². The number of tetrazole rings is 1. The molecule has 0 aliphatic rings. The average molecular weight is 436 g/mol. The van der Waals surface area contributed by atoms with Crippen molar-refractivity contribution in [2.75, 3.05) is 0 Å². The van der Waals surface area contributed by atoms with Gasteiger partial charge in [0.2, 0.25) is 5.16 Å². The first-order chi connectivity index (χ1) is 11.0. The highest BCUT2D eigenvalue weighted by Crippen LogP contribution is 2.27. The summed E-state index contributed by atoms with van der Waals surface area (Å²) in [6, 6.07) is 12.8. The van der Waals surface area contributed by atoms with E-state index in [2.05, 4.69) is 95.3 Å². The Hall–Kier alpha value is -1.41. The minimum absolute atomic E-state index is 0.818. The Morgan fingerprint density at radius 1 is 1.09 bits per heavy atom. The van der Waals surface area contributed by atoms with Gasteiger partial charge in [-0.15, -0.1) is 5.10 Å². The fraction of sp³-hybridized carbons (Fsp3) is 0.235. The Balaban J connectivity index is 1.89. The largest absolute Gasteiger partial charge is 0.214 e. The highest BCUT2D eigenvalue weighted by Gasteiger charge is 2.14. The van der Waals surface area contributed by atoms with Crippen molar-refractivity contribution in [3.8, 4) is 5.69 Å². The molecule has 0 aliphatic heterocycles. The molecule has 0 fully saturated rings. The number of nitrogens with zero attached hydrogens (tertiary/aromatic N) is 4. The fourth-order valence-electron chi connectivity index (χ4n) is 2.69. The fourth-order valence-corrected chi connectivity index (χ4v) is 4.12. The van der Waals surface area contributed by atoms with Crippen molar-refractivity contribution in [2.45, 2.75) is 31.7 Å². The molecule has 0 bridgehead atoms. The molecular formula is C17H17IN4S. The molecule has 6 heteroatoms. The van der Waals surface area contributed by atoms with Crippen LogP contribution in [0.3, 0.4) is 0 Å². The van der Waals surface area contributed by atoms with Gasteiger partial charge in [-0.2, -0.15) is 4.68 Å². The highest BCUT2D eigenvalue weighted by molar-refractivity contribution is 14.1. The maximum atomic E-state index is 4.20. The van der Waals surface area contributed by atoms with Gasteiger partial charge in [-0.05, 0) is 82.6 Å². The molecule has 3 aromatic rings.